The topological polar surface area (TPSA) is 137 Å². The molecule has 0 aromatic rings. The molecule has 0 unspecified atom stereocenters. The van der Waals surface area contributed by atoms with Crippen LogP contribution < -0.4 is 0 Å². The highest BCUT2D eigenvalue weighted by Gasteiger charge is 2.03. The van der Waals surface area contributed by atoms with Gasteiger partial charge in [-0.05, 0) is 6.42 Å². The fourth-order valence-electron chi connectivity index (χ4n) is 5.15. The zero-order chi connectivity index (χ0) is 41.1. The number of hydrogen-bond donors (Lipinski definition) is 0. The predicted octanol–water partition coefficient (Wildman–Crippen LogP) is 6.65. The van der Waals surface area contributed by atoms with Crippen molar-refractivity contribution in [2.24, 2.45) is 0 Å². The largest absolute Gasteiger partial charge is 0.463 e. The van der Waals surface area contributed by atoms with Crippen molar-refractivity contribution in [3.8, 4) is 0 Å². The lowest BCUT2D eigenvalue weighted by Gasteiger charge is -2.09. The lowest BCUT2D eigenvalue weighted by Crippen LogP contribution is -2.15. The molecule has 0 aliphatic heterocycles. The van der Waals surface area contributed by atoms with E-state index in [2.05, 4.69) is 29.5 Å². The first kappa shape index (κ1) is 56.7. The number of alkyl halides is 1. The molecule has 0 amide bonds. The maximum absolute atomic E-state index is 11.9. The number of unbranched alkanes of at least 4 members (excludes halogenated alkanes) is 12. The third-order valence-corrected chi connectivity index (χ3v) is 8.73. The summed E-state index contributed by atoms with van der Waals surface area (Å²) in [6.45, 7) is 15.1. The van der Waals surface area contributed by atoms with Crippen molar-refractivity contribution in [1.82, 2.24) is 0 Å². The van der Waals surface area contributed by atoms with Crippen molar-refractivity contribution in [2.75, 3.05) is 170 Å². The summed E-state index contributed by atoms with van der Waals surface area (Å²) in [5.74, 6) is -0.132. The normalized spacial score (nSPS) is 11.5. The molecule has 0 saturated carbocycles. The third-order valence-electron chi connectivity index (χ3n) is 8.29. The SMILES string of the molecule is CCCCCCCCCCCCCCCC(=O)OCCOCCOCCOCCOCCOCCOCCOCCOCCOCCOCCOCCOCCI. The Morgan fingerprint density at radius 3 is 0.754 bits per heavy atom. The molecule has 0 radical (unpaired) electrons. The number of ether oxygens (including phenoxy) is 13. The highest BCUT2D eigenvalue weighted by atomic mass is 127. The molecular weight excluding hydrogens is 855 g/mol. The molecule has 0 aliphatic rings. The highest BCUT2D eigenvalue weighted by Crippen LogP contribution is 2.13. The van der Waals surface area contributed by atoms with Gasteiger partial charge in [0.15, 0.2) is 0 Å². The molecule has 342 valence electrons. The van der Waals surface area contributed by atoms with E-state index in [1.807, 2.05) is 0 Å². The molecule has 14 nitrogen and oxygen atoms in total. The molecule has 0 fully saturated rings. The third kappa shape index (κ3) is 53.7. The van der Waals surface area contributed by atoms with Gasteiger partial charge in [-0.15, -0.1) is 0 Å². The maximum atomic E-state index is 11.9. The van der Waals surface area contributed by atoms with Gasteiger partial charge in [0.25, 0.3) is 0 Å². The minimum absolute atomic E-state index is 0.132. The molecule has 0 aromatic carbocycles. The number of rotatable bonds is 52. The first-order valence-electron chi connectivity index (χ1n) is 22.0. The number of hydrogen-bond acceptors (Lipinski definition) is 14. The van der Waals surface area contributed by atoms with Gasteiger partial charge >= 0.3 is 5.97 Å². The van der Waals surface area contributed by atoms with Gasteiger partial charge in [0.05, 0.1) is 159 Å². The smallest absolute Gasteiger partial charge is 0.305 e. The summed E-state index contributed by atoms with van der Waals surface area (Å²) in [4.78, 5) is 11.9. The second-order valence-corrected chi connectivity index (χ2v) is 14.3. The van der Waals surface area contributed by atoms with Gasteiger partial charge in [-0.3, -0.25) is 4.79 Å². The first-order chi connectivity index (χ1) is 28.3. The maximum Gasteiger partial charge on any atom is 0.305 e. The number of esters is 1. The Hall–Kier alpha value is -0.280. The molecule has 0 aromatic heterocycles. The number of halogens is 1. The Morgan fingerprint density at radius 1 is 0.298 bits per heavy atom. The van der Waals surface area contributed by atoms with Crippen LogP contribution in [-0.4, -0.2) is 176 Å². The monoisotopic (exact) mass is 938 g/mol. The molecule has 0 bridgehead atoms. The van der Waals surface area contributed by atoms with Crippen LogP contribution in [0, 0.1) is 0 Å². The minimum atomic E-state index is -0.132. The Labute approximate surface area is 360 Å². The second kappa shape index (κ2) is 53.7. The number of carbonyl (C=O) groups excluding carboxylic acids is 1. The average molecular weight is 939 g/mol. The van der Waals surface area contributed by atoms with Gasteiger partial charge in [-0.1, -0.05) is 107 Å². The Bertz CT molecular complexity index is 743. The standard InChI is InChI=1S/C42H83IO14/c1-2-3-4-5-6-7-8-9-10-11-12-13-14-15-42(44)57-41-40-56-39-38-55-37-36-54-35-34-53-33-32-52-31-30-51-29-28-50-27-26-49-25-24-48-23-22-47-21-20-46-19-18-45-17-16-43/h2-41H2,1H3. The second-order valence-electron chi connectivity index (χ2n) is 13.3. The lowest BCUT2D eigenvalue weighted by molar-refractivity contribution is -0.145. The Morgan fingerprint density at radius 2 is 0.509 bits per heavy atom. The molecule has 57 heavy (non-hydrogen) atoms. The molecule has 0 N–H and O–H groups in total. The van der Waals surface area contributed by atoms with Crippen LogP contribution in [0.1, 0.15) is 96.8 Å². The molecule has 15 heteroatoms. The first-order valence-corrected chi connectivity index (χ1v) is 23.5. The van der Waals surface area contributed by atoms with Crippen LogP contribution >= 0.6 is 22.6 Å². The molecule has 0 aliphatic carbocycles. The zero-order valence-electron chi connectivity index (χ0n) is 35.9. The molecular formula is C42H83IO14. The van der Waals surface area contributed by atoms with E-state index < -0.39 is 0 Å². The van der Waals surface area contributed by atoms with E-state index in [0.717, 1.165) is 23.9 Å². The van der Waals surface area contributed by atoms with Crippen LogP contribution in [0.3, 0.4) is 0 Å². The fraction of sp³-hybridized carbons (Fsp3) is 0.976. The van der Waals surface area contributed by atoms with E-state index in [1.54, 1.807) is 0 Å². The van der Waals surface area contributed by atoms with Gasteiger partial charge in [0, 0.05) is 10.8 Å². The van der Waals surface area contributed by atoms with Crippen molar-refractivity contribution < 1.29 is 66.4 Å². The molecule has 0 saturated heterocycles. The van der Waals surface area contributed by atoms with Crippen LogP contribution in [0.2, 0.25) is 0 Å². The summed E-state index contributed by atoms with van der Waals surface area (Å²) in [5, 5.41) is 0. The predicted molar refractivity (Wildman–Crippen MR) is 230 cm³/mol. The van der Waals surface area contributed by atoms with Gasteiger partial charge in [-0.25, -0.2) is 0 Å². The molecule has 0 rings (SSSR count). The van der Waals surface area contributed by atoms with E-state index in [4.69, 9.17) is 61.6 Å². The highest BCUT2D eigenvalue weighted by molar-refractivity contribution is 14.1. The van der Waals surface area contributed by atoms with Gasteiger partial charge < -0.3 is 61.6 Å². The van der Waals surface area contributed by atoms with Gasteiger partial charge in [-0.2, -0.15) is 0 Å². The number of carbonyl (C=O) groups is 1. The van der Waals surface area contributed by atoms with Crippen molar-refractivity contribution in [2.45, 2.75) is 96.8 Å². The van der Waals surface area contributed by atoms with Crippen LogP contribution in [0.5, 0.6) is 0 Å². The summed E-state index contributed by atoms with van der Waals surface area (Å²) in [6, 6.07) is 0. The van der Waals surface area contributed by atoms with Crippen LogP contribution in [0.25, 0.3) is 0 Å². The molecule has 0 atom stereocenters. The lowest BCUT2D eigenvalue weighted by atomic mass is 10.0. The fourth-order valence-corrected chi connectivity index (χ4v) is 5.46. The molecule has 0 spiro atoms. The summed E-state index contributed by atoms with van der Waals surface area (Å²) in [5.41, 5.74) is 0. The summed E-state index contributed by atoms with van der Waals surface area (Å²) < 4.78 is 71.9. The van der Waals surface area contributed by atoms with E-state index in [-0.39, 0.29) is 12.6 Å². The van der Waals surface area contributed by atoms with Crippen molar-refractivity contribution >= 4 is 28.6 Å². The Kier molecular flexibility index (Phi) is 53.5. The molecule has 0 heterocycles. The average Bonchev–Trinajstić information content (AvgIpc) is 3.22. The van der Waals surface area contributed by atoms with E-state index in [0.29, 0.717) is 158 Å². The summed E-state index contributed by atoms with van der Waals surface area (Å²) >= 11 is 2.28. The van der Waals surface area contributed by atoms with E-state index in [9.17, 15) is 4.79 Å². The summed E-state index contributed by atoms with van der Waals surface area (Å²) in [6.07, 6.45) is 17.3. The van der Waals surface area contributed by atoms with Gasteiger partial charge in [0.1, 0.15) is 6.61 Å². The van der Waals surface area contributed by atoms with Gasteiger partial charge in [0.2, 0.25) is 0 Å². The quantitative estimate of drug-likeness (QED) is 0.0279. The van der Waals surface area contributed by atoms with Crippen molar-refractivity contribution in [1.29, 1.82) is 0 Å². The van der Waals surface area contributed by atoms with Crippen LogP contribution in [-0.2, 0) is 66.4 Å². The van der Waals surface area contributed by atoms with E-state index in [1.165, 1.54) is 70.6 Å². The zero-order valence-corrected chi connectivity index (χ0v) is 38.0. The van der Waals surface area contributed by atoms with Crippen LogP contribution in [0.15, 0.2) is 0 Å². The minimum Gasteiger partial charge on any atom is -0.463 e. The van der Waals surface area contributed by atoms with E-state index >= 15 is 0 Å². The summed E-state index contributed by atoms with van der Waals surface area (Å²) in [7, 11) is 0. The van der Waals surface area contributed by atoms with Crippen LogP contribution in [0.4, 0.5) is 0 Å². The van der Waals surface area contributed by atoms with Crippen molar-refractivity contribution in [3.05, 3.63) is 0 Å². The van der Waals surface area contributed by atoms with Crippen molar-refractivity contribution in [3.63, 3.8) is 0 Å². The Balaban J connectivity index is 3.12.